The maximum Gasteiger partial charge on any atom is 0.309 e. The molecule has 1 nitrogen and oxygen atoms in total. The first-order valence-corrected chi connectivity index (χ1v) is 3.78. The molecule has 2 aliphatic rings. The van der Waals surface area contributed by atoms with Gasteiger partial charge in [0.25, 0.3) is 0 Å². The Morgan fingerprint density at radius 2 is 2.15 bits per heavy atom. The van der Waals surface area contributed by atoms with Crippen LogP contribution in [0.2, 0.25) is 0 Å². The summed E-state index contributed by atoms with van der Waals surface area (Å²) in [7, 11) is 0. The smallest absolute Gasteiger partial charge is 0.309 e. The van der Waals surface area contributed by atoms with E-state index in [0.717, 1.165) is 0 Å². The minimum atomic E-state index is -2.79. The molecule has 0 radical (unpaired) electrons. The number of allylic oxidation sites excluding steroid dienone is 5. The number of hydrogen-bond acceptors (Lipinski definition) is 1. The van der Waals surface area contributed by atoms with Crippen LogP contribution in [-0.2, 0) is 4.74 Å². The summed E-state index contributed by atoms with van der Waals surface area (Å²) in [6, 6.07) is 0. The molecule has 3 heteroatoms. The van der Waals surface area contributed by atoms with Gasteiger partial charge < -0.3 is 4.74 Å². The second-order valence-corrected chi connectivity index (χ2v) is 2.81. The largest absolute Gasteiger partial charge is 0.486 e. The van der Waals surface area contributed by atoms with E-state index in [1.165, 1.54) is 6.08 Å². The molecule has 2 rings (SSSR count). The summed E-state index contributed by atoms with van der Waals surface area (Å²) in [4.78, 5) is 0. The Labute approximate surface area is 76.4 Å². The molecule has 72 valence electrons. The van der Waals surface area contributed by atoms with Crippen LogP contribution < -0.4 is 0 Å². The standard InChI is InChI=1S/C9H8F2O.CH4/c10-9(11)6-12-8-5-3-1-2-4-7(8)9;/h1,3-5H,2,6H2;1H4. The molecule has 0 atom stereocenters. The van der Waals surface area contributed by atoms with E-state index in [1.54, 1.807) is 12.2 Å². The topological polar surface area (TPSA) is 9.23 Å². The molecule has 1 saturated heterocycles. The van der Waals surface area contributed by atoms with Gasteiger partial charge in [-0.1, -0.05) is 25.7 Å². The van der Waals surface area contributed by atoms with E-state index in [9.17, 15) is 8.78 Å². The van der Waals surface area contributed by atoms with Crippen molar-refractivity contribution in [3.63, 3.8) is 0 Å². The maximum atomic E-state index is 13.0. The molecule has 0 spiro atoms. The van der Waals surface area contributed by atoms with Crippen LogP contribution in [0.25, 0.3) is 0 Å². The van der Waals surface area contributed by atoms with Crippen molar-refractivity contribution in [3.05, 3.63) is 35.6 Å². The third-order valence-corrected chi connectivity index (χ3v) is 1.91. The minimum Gasteiger partial charge on any atom is -0.486 e. The first-order valence-electron chi connectivity index (χ1n) is 3.78. The van der Waals surface area contributed by atoms with Gasteiger partial charge in [-0.15, -0.1) is 0 Å². The quantitative estimate of drug-likeness (QED) is 0.565. The number of ether oxygens (including phenoxy) is 1. The predicted molar refractivity (Wildman–Crippen MR) is 47.6 cm³/mol. The highest BCUT2D eigenvalue weighted by Gasteiger charge is 2.43. The second kappa shape index (κ2) is 3.32. The summed E-state index contributed by atoms with van der Waals surface area (Å²) >= 11 is 0. The molecule has 0 unspecified atom stereocenters. The Morgan fingerprint density at radius 1 is 1.38 bits per heavy atom. The molecule has 0 aromatic heterocycles. The van der Waals surface area contributed by atoms with Crippen molar-refractivity contribution in [2.75, 3.05) is 6.61 Å². The van der Waals surface area contributed by atoms with E-state index in [4.69, 9.17) is 4.74 Å². The summed E-state index contributed by atoms with van der Waals surface area (Å²) in [5.74, 6) is -2.48. The van der Waals surface area contributed by atoms with Crippen LogP contribution in [0.1, 0.15) is 13.8 Å². The van der Waals surface area contributed by atoms with Gasteiger partial charge in [-0.2, -0.15) is 8.78 Å². The minimum absolute atomic E-state index is 0. The van der Waals surface area contributed by atoms with Crippen LogP contribution >= 0.6 is 0 Å². The number of rotatable bonds is 0. The summed E-state index contributed by atoms with van der Waals surface area (Å²) in [5, 5.41) is 0. The summed E-state index contributed by atoms with van der Waals surface area (Å²) in [6.45, 7) is -0.515. The normalized spacial score (nSPS) is 23.2. The SMILES string of the molecule is C.FC1(F)COC2=CC=CCC=C21. The summed E-state index contributed by atoms with van der Waals surface area (Å²) in [6.07, 6.45) is 7.20. The fourth-order valence-electron chi connectivity index (χ4n) is 1.31. The lowest BCUT2D eigenvalue weighted by molar-refractivity contribution is 0.0167. The van der Waals surface area contributed by atoms with Crippen LogP contribution in [0.5, 0.6) is 0 Å². The summed E-state index contributed by atoms with van der Waals surface area (Å²) < 4.78 is 30.8. The van der Waals surface area contributed by atoms with Gasteiger partial charge in [-0.3, -0.25) is 0 Å². The highest BCUT2D eigenvalue weighted by Crippen LogP contribution is 2.38. The highest BCUT2D eigenvalue weighted by molar-refractivity contribution is 5.40. The zero-order valence-corrected chi connectivity index (χ0v) is 6.39. The van der Waals surface area contributed by atoms with E-state index in [2.05, 4.69) is 0 Å². The Kier molecular flexibility index (Phi) is 2.55. The molecule has 1 aliphatic heterocycles. The van der Waals surface area contributed by atoms with Gasteiger partial charge >= 0.3 is 5.92 Å². The average molecular weight is 186 g/mol. The number of fused-ring (bicyclic) bond motifs is 1. The van der Waals surface area contributed by atoms with E-state index in [1.807, 2.05) is 6.08 Å². The van der Waals surface area contributed by atoms with Gasteiger partial charge in [0.2, 0.25) is 0 Å². The molecule has 0 bridgehead atoms. The van der Waals surface area contributed by atoms with Gasteiger partial charge in [0, 0.05) is 0 Å². The molecule has 0 amide bonds. The van der Waals surface area contributed by atoms with E-state index in [0.29, 0.717) is 12.2 Å². The van der Waals surface area contributed by atoms with Crippen molar-refractivity contribution in [2.45, 2.75) is 19.8 Å². The van der Waals surface area contributed by atoms with Crippen molar-refractivity contribution in [3.8, 4) is 0 Å². The van der Waals surface area contributed by atoms with Crippen molar-refractivity contribution >= 4 is 0 Å². The Morgan fingerprint density at radius 3 is 2.92 bits per heavy atom. The van der Waals surface area contributed by atoms with Crippen LogP contribution in [0, 0.1) is 0 Å². The first-order chi connectivity index (χ1) is 5.70. The molecule has 0 N–H and O–H groups in total. The van der Waals surface area contributed by atoms with Gasteiger partial charge in [-0.05, 0) is 12.5 Å². The molecule has 0 aromatic rings. The highest BCUT2D eigenvalue weighted by atomic mass is 19.3. The maximum absolute atomic E-state index is 13.0. The summed E-state index contributed by atoms with van der Waals surface area (Å²) in [5.41, 5.74) is 0.0347. The molecule has 0 saturated carbocycles. The molecule has 0 aromatic carbocycles. The van der Waals surface area contributed by atoms with Gasteiger partial charge in [-0.25, -0.2) is 0 Å². The molecule has 1 aliphatic carbocycles. The molecule has 1 fully saturated rings. The first kappa shape index (κ1) is 9.96. The van der Waals surface area contributed by atoms with Crippen LogP contribution in [0.15, 0.2) is 35.6 Å². The van der Waals surface area contributed by atoms with Crippen molar-refractivity contribution < 1.29 is 13.5 Å². The fraction of sp³-hybridized carbons (Fsp3) is 0.400. The van der Waals surface area contributed by atoms with Crippen molar-refractivity contribution in [2.24, 2.45) is 0 Å². The van der Waals surface area contributed by atoms with E-state index in [-0.39, 0.29) is 13.0 Å². The molecular weight excluding hydrogens is 174 g/mol. The zero-order chi connectivity index (χ0) is 8.60. The fourth-order valence-corrected chi connectivity index (χ4v) is 1.31. The van der Waals surface area contributed by atoms with E-state index >= 15 is 0 Å². The van der Waals surface area contributed by atoms with Gasteiger partial charge in [0.1, 0.15) is 5.76 Å². The lowest BCUT2D eigenvalue weighted by Crippen LogP contribution is -2.17. The third-order valence-electron chi connectivity index (χ3n) is 1.91. The number of halogens is 2. The lowest BCUT2D eigenvalue weighted by Gasteiger charge is -2.05. The zero-order valence-electron chi connectivity index (χ0n) is 6.39. The molecule has 13 heavy (non-hydrogen) atoms. The molecule has 1 heterocycles. The second-order valence-electron chi connectivity index (χ2n) is 2.81. The lowest BCUT2D eigenvalue weighted by atomic mass is 10.1. The molecular formula is C10H12F2O. The van der Waals surface area contributed by atoms with Crippen molar-refractivity contribution in [1.29, 1.82) is 0 Å². The van der Waals surface area contributed by atoms with Crippen molar-refractivity contribution in [1.82, 2.24) is 0 Å². The van der Waals surface area contributed by atoms with Crippen LogP contribution in [0.3, 0.4) is 0 Å². The van der Waals surface area contributed by atoms with Gasteiger partial charge in [0.05, 0.1) is 5.57 Å². The monoisotopic (exact) mass is 186 g/mol. The number of alkyl halides is 2. The third kappa shape index (κ3) is 1.64. The van der Waals surface area contributed by atoms with Gasteiger partial charge in [0.15, 0.2) is 6.61 Å². The Bertz CT molecular complexity index is 287. The average Bonchev–Trinajstić information content (AvgIpc) is 2.27. The predicted octanol–water partition coefficient (Wildman–Crippen LogP) is 3.06. The van der Waals surface area contributed by atoms with Crippen LogP contribution in [-0.4, -0.2) is 12.5 Å². The van der Waals surface area contributed by atoms with E-state index < -0.39 is 12.5 Å². The van der Waals surface area contributed by atoms with Crippen LogP contribution in [0.4, 0.5) is 8.78 Å². The number of hydrogen-bond donors (Lipinski definition) is 0. The Hall–Kier alpha value is -1.12. The Balaban J connectivity index is 0.000000845.